The van der Waals surface area contributed by atoms with Gasteiger partial charge in [-0.15, -0.1) is 11.8 Å². The van der Waals surface area contributed by atoms with Crippen molar-refractivity contribution in [3.8, 4) is 0 Å². The number of benzene rings is 4. The molecule has 0 saturated heterocycles. The fourth-order valence-electron chi connectivity index (χ4n) is 3.95. The zero-order valence-electron chi connectivity index (χ0n) is 21.8. The van der Waals surface area contributed by atoms with Crippen LogP contribution in [0.5, 0.6) is 0 Å². The summed E-state index contributed by atoms with van der Waals surface area (Å²) in [7, 11) is -2.29. The minimum Gasteiger partial charge on any atom is -0.345 e. The van der Waals surface area contributed by atoms with Gasteiger partial charge in [-0.3, -0.25) is 13.9 Å². The molecular weight excluding hydrogens is 530 g/mol. The number of amides is 2. The molecule has 0 aliphatic rings. The van der Waals surface area contributed by atoms with Gasteiger partial charge in [0.25, 0.3) is 21.8 Å². The topological polar surface area (TPSA) is 95.6 Å². The zero-order chi connectivity index (χ0) is 28.0. The highest BCUT2D eigenvalue weighted by Crippen LogP contribution is 2.25. The molecule has 0 aliphatic carbocycles. The molecule has 0 saturated carbocycles. The van der Waals surface area contributed by atoms with Crippen LogP contribution in [0.1, 0.15) is 39.2 Å². The van der Waals surface area contributed by atoms with Crippen LogP contribution in [0.25, 0.3) is 0 Å². The molecule has 9 heteroatoms. The summed E-state index contributed by atoms with van der Waals surface area (Å²) in [6, 6.07) is 29.1. The van der Waals surface area contributed by atoms with Crippen molar-refractivity contribution in [3.05, 3.63) is 120 Å². The maximum Gasteiger partial charge on any atom is 0.264 e. The summed E-state index contributed by atoms with van der Waals surface area (Å²) in [6.07, 6.45) is 1.92. The van der Waals surface area contributed by atoms with E-state index in [4.69, 9.17) is 0 Å². The minimum atomic E-state index is -3.76. The van der Waals surface area contributed by atoms with E-state index in [2.05, 4.69) is 10.6 Å². The molecule has 0 spiro atoms. The first kappa shape index (κ1) is 27.9. The fraction of sp³-hybridized carbons (Fsp3) is 0.133. The first-order valence-electron chi connectivity index (χ1n) is 12.2. The average molecular weight is 560 g/mol. The summed E-state index contributed by atoms with van der Waals surface area (Å²) in [4.78, 5) is 27.2. The van der Waals surface area contributed by atoms with Crippen LogP contribution in [0.15, 0.2) is 113 Å². The van der Waals surface area contributed by atoms with Crippen LogP contribution in [0, 0.1) is 0 Å². The molecule has 7 nitrogen and oxygen atoms in total. The lowest BCUT2D eigenvalue weighted by Crippen LogP contribution is -2.28. The molecule has 0 fully saturated rings. The molecule has 2 amide bonds. The SMILES string of the molecule is CSc1ccc(S(=O)(=O)N(C)c2ccc(C(=O)Nc3ccccc3C(=O)N[C@H](C)c3ccccc3)cc2)cc1. The maximum absolute atomic E-state index is 13.1. The number of sulfonamides is 1. The van der Waals surface area contributed by atoms with Gasteiger partial charge >= 0.3 is 0 Å². The summed E-state index contributed by atoms with van der Waals surface area (Å²) in [5.74, 6) is -0.730. The largest absolute Gasteiger partial charge is 0.345 e. The number of para-hydroxylation sites is 1. The van der Waals surface area contributed by atoms with E-state index in [0.29, 0.717) is 22.5 Å². The molecule has 0 radical (unpaired) electrons. The van der Waals surface area contributed by atoms with E-state index in [1.165, 1.54) is 23.1 Å². The highest BCUT2D eigenvalue weighted by molar-refractivity contribution is 7.98. The standard InChI is InChI=1S/C30H29N3O4S2/c1-21(22-9-5-4-6-10-22)31-30(35)27-11-7-8-12-28(27)32-29(34)23-13-15-24(16-14-23)33(2)39(36,37)26-19-17-25(38-3)18-20-26/h4-21H,1-3H3,(H,31,35)(H,32,34)/t21-/m1/s1. The fourth-order valence-corrected chi connectivity index (χ4v) is 5.56. The van der Waals surface area contributed by atoms with E-state index in [0.717, 1.165) is 10.5 Å². The Morgan fingerprint density at radius 1 is 0.795 bits per heavy atom. The third-order valence-electron chi connectivity index (χ3n) is 6.28. The van der Waals surface area contributed by atoms with Crippen LogP contribution < -0.4 is 14.9 Å². The van der Waals surface area contributed by atoms with E-state index in [9.17, 15) is 18.0 Å². The Labute approximate surface area is 233 Å². The highest BCUT2D eigenvalue weighted by atomic mass is 32.2. The van der Waals surface area contributed by atoms with Gasteiger partial charge in [0, 0.05) is 17.5 Å². The summed E-state index contributed by atoms with van der Waals surface area (Å²) < 4.78 is 27.3. The minimum absolute atomic E-state index is 0.182. The van der Waals surface area contributed by atoms with Crippen molar-refractivity contribution in [2.24, 2.45) is 0 Å². The van der Waals surface area contributed by atoms with Crippen molar-refractivity contribution in [3.63, 3.8) is 0 Å². The molecule has 2 N–H and O–H groups in total. The van der Waals surface area contributed by atoms with Crippen molar-refractivity contribution in [2.75, 3.05) is 22.9 Å². The number of nitrogens with one attached hydrogen (secondary N) is 2. The van der Waals surface area contributed by atoms with Crippen LogP contribution in [-0.4, -0.2) is 33.5 Å². The Balaban J connectivity index is 1.46. The van der Waals surface area contributed by atoms with Crippen LogP contribution in [-0.2, 0) is 10.0 Å². The maximum atomic E-state index is 13.1. The molecular formula is C30H29N3O4S2. The van der Waals surface area contributed by atoms with Gasteiger partial charge in [0.15, 0.2) is 0 Å². The second kappa shape index (κ2) is 12.2. The number of carbonyl (C=O) groups is 2. The molecule has 0 bridgehead atoms. The van der Waals surface area contributed by atoms with Gasteiger partial charge < -0.3 is 10.6 Å². The van der Waals surface area contributed by atoms with Gasteiger partial charge in [-0.25, -0.2) is 8.42 Å². The van der Waals surface area contributed by atoms with Gasteiger partial charge in [-0.05, 0) is 79.4 Å². The van der Waals surface area contributed by atoms with Crippen molar-refractivity contribution in [1.82, 2.24) is 5.32 Å². The van der Waals surface area contributed by atoms with Crippen molar-refractivity contribution in [2.45, 2.75) is 22.8 Å². The van der Waals surface area contributed by atoms with Crippen molar-refractivity contribution < 1.29 is 18.0 Å². The number of rotatable bonds is 9. The lowest BCUT2D eigenvalue weighted by molar-refractivity contribution is 0.0940. The van der Waals surface area contributed by atoms with Gasteiger partial charge in [0.05, 0.1) is 27.9 Å². The van der Waals surface area contributed by atoms with Crippen LogP contribution >= 0.6 is 11.8 Å². The van der Waals surface area contributed by atoms with Gasteiger partial charge in [0.1, 0.15) is 0 Å². The van der Waals surface area contributed by atoms with Crippen LogP contribution in [0.3, 0.4) is 0 Å². The lowest BCUT2D eigenvalue weighted by atomic mass is 10.1. The molecule has 4 rings (SSSR count). The van der Waals surface area contributed by atoms with E-state index in [1.807, 2.05) is 43.5 Å². The molecule has 0 unspecified atom stereocenters. The number of thioether (sulfide) groups is 1. The molecule has 4 aromatic rings. The summed E-state index contributed by atoms with van der Waals surface area (Å²) in [6.45, 7) is 1.90. The molecule has 0 heterocycles. The van der Waals surface area contributed by atoms with Gasteiger partial charge in [-0.2, -0.15) is 0 Å². The van der Waals surface area contributed by atoms with Gasteiger partial charge in [-0.1, -0.05) is 42.5 Å². The number of nitrogens with zero attached hydrogens (tertiary/aromatic N) is 1. The molecule has 4 aromatic carbocycles. The third-order valence-corrected chi connectivity index (χ3v) is 8.82. The molecule has 0 aromatic heterocycles. The normalized spacial score (nSPS) is 11.9. The Morgan fingerprint density at radius 3 is 2.05 bits per heavy atom. The van der Waals surface area contributed by atoms with E-state index >= 15 is 0 Å². The Morgan fingerprint density at radius 2 is 1.41 bits per heavy atom. The summed E-state index contributed by atoms with van der Waals surface area (Å²) in [5, 5.41) is 5.77. The van der Waals surface area contributed by atoms with E-state index in [-0.39, 0.29) is 16.8 Å². The first-order chi connectivity index (χ1) is 18.7. The van der Waals surface area contributed by atoms with Gasteiger partial charge in [0.2, 0.25) is 0 Å². The number of anilines is 2. The number of hydrogen-bond donors (Lipinski definition) is 2. The monoisotopic (exact) mass is 559 g/mol. The molecule has 1 atom stereocenters. The number of hydrogen-bond acceptors (Lipinski definition) is 5. The Hall–Kier alpha value is -4.08. The zero-order valence-corrected chi connectivity index (χ0v) is 23.4. The van der Waals surface area contributed by atoms with E-state index in [1.54, 1.807) is 72.8 Å². The second-order valence-corrected chi connectivity index (χ2v) is 11.6. The van der Waals surface area contributed by atoms with Crippen LogP contribution in [0.2, 0.25) is 0 Å². The Bertz CT molecular complexity index is 1560. The molecule has 0 aliphatic heterocycles. The summed E-state index contributed by atoms with van der Waals surface area (Å²) >= 11 is 1.53. The Kier molecular flexibility index (Phi) is 8.73. The van der Waals surface area contributed by atoms with E-state index < -0.39 is 15.9 Å². The lowest BCUT2D eigenvalue weighted by Gasteiger charge is -2.20. The quantitative estimate of drug-likeness (QED) is 0.246. The predicted octanol–water partition coefficient (Wildman–Crippen LogP) is 5.98. The second-order valence-electron chi connectivity index (χ2n) is 8.80. The molecule has 200 valence electrons. The van der Waals surface area contributed by atoms with Crippen LogP contribution in [0.4, 0.5) is 11.4 Å². The third kappa shape index (κ3) is 6.50. The first-order valence-corrected chi connectivity index (χ1v) is 14.9. The number of carbonyl (C=O) groups excluding carboxylic acids is 2. The summed E-state index contributed by atoms with van der Waals surface area (Å²) in [5.41, 5.74) is 2.41. The van der Waals surface area contributed by atoms with Crippen molar-refractivity contribution >= 4 is 45.0 Å². The average Bonchev–Trinajstić information content (AvgIpc) is 2.97. The predicted molar refractivity (Wildman–Crippen MR) is 157 cm³/mol. The van der Waals surface area contributed by atoms with Crippen molar-refractivity contribution in [1.29, 1.82) is 0 Å². The molecule has 39 heavy (non-hydrogen) atoms. The highest BCUT2D eigenvalue weighted by Gasteiger charge is 2.22. The smallest absolute Gasteiger partial charge is 0.264 e.